The van der Waals surface area contributed by atoms with Crippen LogP contribution in [-0.2, 0) is 33.5 Å². The van der Waals surface area contributed by atoms with Crippen LogP contribution in [0.5, 0.6) is 0 Å². The highest BCUT2D eigenvalue weighted by Gasteiger charge is 2.32. The van der Waals surface area contributed by atoms with Gasteiger partial charge >= 0.3 is 0 Å². The summed E-state index contributed by atoms with van der Waals surface area (Å²) in [6, 6.07) is 16.3. The van der Waals surface area contributed by atoms with Gasteiger partial charge in [0.15, 0.2) is 11.6 Å². The molecule has 0 amide bonds. The van der Waals surface area contributed by atoms with Crippen LogP contribution in [0.25, 0.3) is 21.8 Å². The molecule has 0 spiro atoms. The fraction of sp³-hybridized carbons (Fsp3) is 0.281. The lowest BCUT2D eigenvalue weighted by Gasteiger charge is -2.23. The van der Waals surface area contributed by atoms with E-state index in [0.29, 0.717) is 0 Å². The van der Waals surface area contributed by atoms with Gasteiger partial charge in [0.1, 0.15) is 5.82 Å². The maximum atomic E-state index is 13.0. The molecule has 2 aliphatic rings. The van der Waals surface area contributed by atoms with Crippen LogP contribution in [0.2, 0.25) is 0 Å². The summed E-state index contributed by atoms with van der Waals surface area (Å²) >= 11 is 0. The summed E-state index contributed by atoms with van der Waals surface area (Å²) in [4.78, 5) is 29.4. The van der Waals surface area contributed by atoms with Crippen LogP contribution < -0.4 is 0 Å². The van der Waals surface area contributed by atoms with Gasteiger partial charge in [0.2, 0.25) is 0 Å². The largest absolute Gasteiger partial charge is 0.347 e. The monoisotopic (exact) mass is 504 g/mol. The molecule has 0 saturated heterocycles. The van der Waals surface area contributed by atoms with Gasteiger partial charge in [-0.25, -0.2) is 4.98 Å². The van der Waals surface area contributed by atoms with Crippen LogP contribution in [0.4, 0.5) is 0 Å². The van der Waals surface area contributed by atoms with Gasteiger partial charge in [0.25, 0.3) is 0 Å². The molecule has 0 bridgehead atoms. The molecule has 0 saturated carbocycles. The molecular formula is C32H32N4O2. The van der Waals surface area contributed by atoms with Gasteiger partial charge in [-0.05, 0) is 50.3 Å². The minimum absolute atomic E-state index is 0.0474. The minimum atomic E-state index is 0.0474. The van der Waals surface area contributed by atoms with E-state index in [0.717, 1.165) is 82.3 Å². The number of rotatable bonds is 2. The number of carbonyl (C=O) groups is 2. The number of aryl methyl sites for hydroxylation is 3. The number of carbonyl (C=O) groups excluding carboxylic acids is 2. The number of hydrogen-bond acceptors (Lipinski definition) is 3. The lowest BCUT2D eigenvalue weighted by atomic mass is 9.85. The zero-order valence-corrected chi connectivity index (χ0v) is 22.2. The maximum absolute atomic E-state index is 13.0. The molecule has 1 unspecified atom stereocenters. The van der Waals surface area contributed by atoms with Gasteiger partial charge in [-0.3, -0.25) is 9.59 Å². The summed E-state index contributed by atoms with van der Waals surface area (Å²) in [5.41, 5.74) is 7.17. The van der Waals surface area contributed by atoms with E-state index in [4.69, 9.17) is 0 Å². The van der Waals surface area contributed by atoms with Gasteiger partial charge in [-0.2, -0.15) is 0 Å². The Morgan fingerprint density at radius 2 is 1.47 bits per heavy atom. The Morgan fingerprint density at radius 1 is 0.868 bits per heavy atom. The van der Waals surface area contributed by atoms with Gasteiger partial charge in [0, 0.05) is 77.7 Å². The van der Waals surface area contributed by atoms with Crippen LogP contribution >= 0.6 is 0 Å². The summed E-state index contributed by atoms with van der Waals surface area (Å²) < 4.78 is 6.40. The summed E-state index contributed by atoms with van der Waals surface area (Å²) in [5.74, 6) is 1.42. The van der Waals surface area contributed by atoms with Crippen molar-refractivity contribution in [3.8, 4) is 0 Å². The van der Waals surface area contributed by atoms with E-state index in [1.165, 1.54) is 5.69 Å². The van der Waals surface area contributed by atoms with Crippen LogP contribution in [0.3, 0.4) is 0 Å². The predicted molar refractivity (Wildman–Crippen MR) is 151 cm³/mol. The number of fused-ring (bicyclic) bond motifs is 6. The topological polar surface area (TPSA) is 61.8 Å². The number of aromatic nitrogens is 4. The Bertz CT molecular complexity index is 1750. The van der Waals surface area contributed by atoms with Crippen LogP contribution in [0.1, 0.15) is 50.8 Å². The fourth-order valence-corrected chi connectivity index (χ4v) is 6.22. The first-order valence-electron chi connectivity index (χ1n) is 13.2. The van der Waals surface area contributed by atoms with Crippen molar-refractivity contribution in [1.82, 2.24) is 18.7 Å². The second-order valence-corrected chi connectivity index (χ2v) is 10.5. The van der Waals surface area contributed by atoms with Crippen molar-refractivity contribution in [2.75, 3.05) is 0 Å². The number of hydrogen-bond donors (Lipinski definition) is 0. The van der Waals surface area contributed by atoms with Crippen molar-refractivity contribution in [1.29, 1.82) is 0 Å². The van der Waals surface area contributed by atoms with E-state index in [-0.39, 0.29) is 17.5 Å². The highest BCUT2D eigenvalue weighted by Crippen LogP contribution is 2.35. The van der Waals surface area contributed by atoms with Gasteiger partial charge in [0.05, 0.1) is 5.56 Å². The van der Waals surface area contributed by atoms with E-state index in [1.807, 2.05) is 50.5 Å². The predicted octanol–water partition coefficient (Wildman–Crippen LogP) is 5.99. The molecule has 3 heterocycles. The van der Waals surface area contributed by atoms with Crippen molar-refractivity contribution >= 4 is 33.4 Å². The third-order valence-corrected chi connectivity index (χ3v) is 8.36. The lowest BCUT2D eigenvalue weighted by Crippen LogP contribution is -2.27. The number of para-hydroxylation sites is 2. The van der Waals surface area contributed by atoms with Gasteiger partial charge in [-0.15, -0.1) is 0 Å². The summed E-state index contributed by atoms with van der Waals surface area (Å²) in [6.07, 6.45) is 7.34. The first-order chi connectivity index (χ1) is 18.4. The summed E-state index contributed by atoms with van der Waals surface area (Å²) in [5, 5.41) is 2.16. The van der Waals surface area contributed by atoms with Gasteiger partial charge < -0.3 is 13.7 Å². The normalized spacial score (nSPS) is 16.9. The van der Waals surface area contributed by atoms with Crippen LogP contribution in [-0.4, -0.2) is 30.3 Å². The molecule has 3 aromatic heterocycles. The molecule has 192 valence electrons. The molecule has 0 N–H and O–H groups in total. The first-order valence-corrected chi connectivity index (χ1v) is 13.2. The molecule has 5 aromatic rings. The number of nitrogens with zero attached hydrogens (tertiary/aromatic N) is 4. The second kappa shape index (κ2) is 9.28. The van der Waals surface area contributed by atoms with E-state index < -0.39 is 0 Å². The number of Topliss-reactive ketones (excluding diaryl/α,β-unsaturated/α-hetero) is 2. The summed E-state index contributed by atoms with van der Waals surface area (Å²) in [7, 11) is 4.09. The zero-order valence-electron chi connectivity index (χ0n) is 22.2. The maximum Gasteiger partial charge on any atom is 0.190 e. The SMILES string of the molecule is C=C1CCc2c(c3ccccc3n2C)C1=O.Cc1nccn1CC1CCc2c(c3ccccc3n2C)C1=O. The van der Waals surface area contributed by atoms with Crippen LogP contribution in [0.15, 0.2) is 73.1 Å². The average Bonchev–Trinajstić information content (AvgIpc) is 3.57. The van der Waals surface area contributed by atoms with E-state index in [9.17, 15) is 9.59 Å². The molecule has 1 atom stereocenters. The van der Waals surface area contributed by atoms with E-state index in [2.05, 4.69) is 50.5 Å². The van der Waals surface area contributed by atoms with E-state index >= 15 is 0 Å². The molecular weight excluding hydrogens is 472 g/mol. The zero-order chi connectivity index (χ0) is 26.6. The van der Waals surface area contributed by atoms with Crippen molar-refractivity contribution in [3.63, 3.8) is 0 Å². The molecule has 2 aromatic carbocycles. The number of ketones is 2. The smallest absolute Gasteiger partial charge is 0.190 e. The molecule has 0 fully saturated rings. The van der Waals surface area contributed by atoms with Crippen molar-refractivity contribution in [3.05, 3.63) is 101 Å². The number of imidazole rings is 1. The van der Waals surface area contributed by atoms with Gasteiger partial charge in [-0.1, -0.05) is 43.0 Å². The lowest BCUT2D eigenvalue weighted by molar-refractivity contribution is 0.0887. The number of benzene rings is 2. The Morgan fingerprint density at radius 3 is 2.11 bits per heavy atom. The first kappa shape index (κ1) is 24.2. The Labute approximate surface area is 222 Å². The highest BCUT2D eigenvalue weighted by atomic mass is 16.1. The molecule has 7 rings (SSSR count). The molecule has 6 nitrogen and oxygen atoms in total. The van der Waals surface area contributed by atoms with Crippen molar-refractivity contribution in [2.45, 2.75) is 39.2 Å². The fourth-order valence-electron chi connectivity index (χ4n) is 6.22. The minimum Gasteiger partial charge on any atom is -0.347 e. The Hall–Kier alpha value is -4.19. The molecule has 0 aliphatic heterocycles. The standard InChI is InChI=1S/C18H19N3O.C14H13NO/c1-12-19-9-10-21(12)11-13-7-8-16-17(18(13)22)14-5-3-4-6-15(14)20(16)2;1-9-7-8-12-13(14(9)16)10-5-3-4-6-11(10)15(12)2/h3-6,9-10,13H,7-8,11H2,1-2H3;3-6H,1,7-8H2,2H3. The highest BCUT2D eigenvalue weighted by molar-refractivity contribution is 6.18. The van der Waals surface area contributed by atoms with Crippen molar-refractivity contribution < 1.29 is 9.59 Å². The average molecular weight is 505 g/mol. The third-order valence-electron chi connectivity index (χ3n) is 8.36. The number of allylic oxidation sites excluding steroid dienone is 1. The molecule has 0 radical (unpaired) electrons. The molecule has 6 heteroatoms. The second-order valence-electron chi connectivity index (χ2n) is 10.5. The third kappa shape index (κ3) is 3.74. The Kier molecular flexibility index (Phi) is 5.90. The van der Waals surface area contributed by atoms with Crippen LogP contribution in [0, 0.1) is 12.8 Å². The van der Waals surface area contributed by atoms with Crippen molar-refractivity contribution in [2.24, 2.45) is 20.0 Å². The Balaban J connectivity index is 0.000000146. The van der Waals surface area contributed by atoms with E-state index in [1.54, 1.807) is 6.20 Å². The molecule has 2 aliphatic carbocycles. The summed E-state index contributed by atoms with van der Waals surface area (Å²) in [6.45, 7) is 6.56. The quantitative estimate of drug-likeness (QED) is 0.277. The molecule has 38 heavy (non-hydrogen) atoms.